The Bertz CT molecular complexity index is 679. The van der Waals surface area contributed by atoms with Crippen molar-refractivity contribution >= 4 is 29.0 Å². The van der Waals surface area contributed by atoms with E-state index in [1.54, 1.807) is 35.2 Å². The van der Waals surface area contributed by atoms with E-state index in [2.05, 4.69) is 10.3 Å². The maximum Gasteiger partial charge on any atom is 0.226 e. The van der Waals surface area contributed by atoms with E-state index in [0.29, 0.717) is 12.5 Å². The van der Waals surface area contributed by atoms with Crippen LogP contribution in [0.25, 0.3) is 0 Å². The molecule has 25 heavy (non-hydrogen) atoms. The van der Waals surface area contributed by atoms with Gasteiger partial charge in [-0.05, 0) is 30.5 Å². The molecule has 2 aromatic rings. The molecular formula is C19H23FN2OS2. The third-order valence-electron chi connectivity index (χ3n) is 4.37. The van der Waals surface area contributed by atoms with Gasteiger partial charge in [0.1, 0.15) is 10.2 Å². The molecule has 1 amide bonds. The van der Waals surface area contributed by atoms with Crippen molar-refractivity contribution in [2.45, 2.75) is 61.1 Å². The third kappa shape index (κ3) is 6.12. The van der Waals surface area contributed by atoms with Crippen molar-refractivity contribution in [2.24, 2.45) is 0 Å². The molecule has 1 fully saturated rings. The lowest BCUT2D eigenvalue weighted by atomic mass is 10.1. The van der Waals surface area contributed by atoms with Crippen LogP contribution >= 0.6 is 23.1 Å². The van der Waals surface area contributed by atoms with Gasteiger partial charge in [0.25, 0.3) is 0 Å². The minimum atomic E-state index is -0.218. The summed E-state index contributed by atoms with van der Waals surface area (Å²) in [5.41, 5.74) is 1.90. The Hall–Kier alpha value is -1.40. The van der Waals surface area contributed by atoms with E-state index in [9.17, 15) is 9.18 Å². The molecule has 1 aromatic carbocycles. The van der Waals surface area contributed by atoms with Gasteiger partial charge in [0, 0.05) is 17.2 Å². The first-order chi connectivity index (χ1) is 12.2. The van der Waals surface area contributed by atoms with Crippen molar-refractivity contribution in [1.29, 1.82) is 0 Å². The summed E-state index contributed by atoms with van der Waals surface area (Å²) in [6, 6.07) is 6.86. The van der Waals surface area contributed by atoms with Crippen LogP contribution in [0.2, 0.25) is 0 Å². The first-order valence-corrected chi connectivity index (χ1v) is 10.7. The largest absolute Gasteiger partial charge is 0.353 e. The molecule has 1 aliphatic carbocycles. The first kappa shape index (κ1) is 18.4. The average molecular weight is 379 g/mol. The molecule has 3 rings (SSSR count). The molecule has 0 bridgehead atoms. The number of aromatic nitrogens is 1. The average Bonchev–Trinajstić information content (AvgIpc) is 2.88. The number of carbonyl (C=O) groups is 1. The molecular weight excluding hydrogens is 355 g/mol. The second-order valence-corrected chi connectivity index (χ2v) is 8.53. The predicted octanol–water partition coefficient (Wildman–Crippen LogP) is 4.96. The Kier molecular flexibility index (Phi) is 6.87. The minimum Gasteiger partial charge on any atom is -0.353 e. The van der Waals surface area contributed by atoms with Crippen LogP contribution in [0.5, 0.6) is 0 Å². The van der Waals surface area contributed by atoms with Crippen molar-refractivity contribution in [1.82, 2.24) is 10.3 Å². The fourth-order valence-electron chi connectivity index (χ4n) is 3.03. The van der Waals surface area contributed by atoms with Gasteiger partial charge in [0.2, 0.25) is 5.91 Å². The van der Waals surface area contributed by atoms with Gasteiger partial charge in [-0.15, -0.1) is 11.3 Å². The van der Waals surface area contributed by atoms with Crippen LogP contribution in [0.1, 0.15) is 49.8 Å². The maximum atomic E-state index is 12.9. The van der Waals surface area contributed by atoms with E-state index in [0.717, 1.165) is 34.2 Å². The molecule has 6 heteroatoms. The molecule has 1 saturated carbocycles. The van der Waals surface area contributed by atoms with E-state index >= 15 is 0 Å². The monoisotopic (exact) mass is 378 g/mol. The smallest absolute Gasteiger partial charge is 0.226 e. The lowest BCUT2D eigenvalue weighted by Gasteiger charge is -2.15. The molecule has 0 unspecified atom stereocenters. The van der Waals surface area contributed by atoms with Crippen molar-refractivity contribution in [2.75, 3.05) is 0 Å². The van der Waals surface area contributed by atoms with Gasteiger partial charge < -0.3 is 5.32 Å². The van der Waals surface area contributed by atoms with Crippen LogP contribution in [0.3, 0.4) is 0 Å². The molecule has 0 aliphatic heterocycles. The van der Waals surface area contributed by atoms with Crippen LogP contribution in [0.4, 0.5) is 4.39 Å². The Morgan fingerprint density at radius 3 is 2.64 bits per heavy atom. The standard InChI is InChI=1S/C19H23FN2OS2/c20-15-9-7-14(8-10-15)12-24-19-22-17(13-25-19)11-18(23)21-16-5-3-1-2-4-6-16/h7-10,13,16H,1-6,11-12H2,(H,21,23). The first-order valence-electron chi connectivity index (χ1n) is 8.80. The number of hydrogen-bond acceptors (Lipinski definition) is 4. The number of halogens is 1. The molecule has 0 spiro atoms. The van der Waals surface area contributed by atoms with Crippen LogP contribution < -0.4 is 5.32 Å². The number of hydrogen-bond donors (Lipinski definition) is 1. The summed E-state index contributed by atoms with van der Waals surface area (Å²) in [6.45, 7) is 0. The van der Waals surface area contributed by atoms with E-state index in [1.165, 1.54) is 37.8 Å². The molecule has 1 heterocycles. The second kappa shape index (κ2) is 9.34. The van der Waals surface area contributed by atoms with Crippen LogP contribution in [-0.2, 0) is 17.0 Å². The van der Waals surface area contributed by atoms with Gasteiger partial charge >= 0.3 is 0 Å². The quantitative estimate of drug-likeness (QED) is 0.571. The van der Waals surface area contributed by atoms with Gasteiger partial charge in [-0.25, -0.2) is 9.37 Å². The highest BCUT2D eigenvalue weighted by Gasteiger charge is 2.16. The number of nitrogens with zero attached hydrogens (tertiary/aromatic N) is 1. The minimum absolute atomic E-state index is 0.0762. The third-order valence-corrected chi connectivity index (χ3v) is 6.51. The van der Waals surface area contributed by atoms with Gasteiger partial charge in [-0.3, -0.25) is 4.79 Å². The number of benzene rings is 1. The number of thiazole rings is 1. The molecule has 134 valence electrons. The van der Waals surface area contributed by atoms with Crippen molar-refractivity contribution in [3.8, 4) is 0 Å². The van der Waals surface area contributed by atoms with Crippen molar-refractivity contribution in [3.63, 3.8) is 0 Å². The molecule has 0 radical (unpaired) electrons. The van der Waals surface area contributed by atoms with Gasteiger partial charge in [0.15, 0.2) is 0 Å². The van der Waals surface area contributed by atoms with Crippen molar-refractivity contribution < 1.29 is 9.18 Å². The molecule has 1 N–H and O–H groups in total. The Morgan fingerprint density at radius 2 is 1.92 bits per heavy atom. The number of carbonyl (C=O) groups excluding carboxylic acids is 1. The van der Waals surface area contributed by atoms with Gasteiger partial charge in [-0.2, -0.15) is 0 Å². The van der Waals surface area contributed by atoms with E-state index in [1.807, 2.05) is 5.38 Å². The summed E-state index contributed by atoms with van der Waals surface area (Å²) in [5.74, 6) is 0.610. The van der Waals surface area contributed by atoms with Crippen LogP contribution in [0.15, 0.2) is 34.0 Å². The molecule has 1 aliphatic rings. The summed E-state index contributed by atoms with van der Waals surface area (Å²) < 4.78 is 13.9. The molecule has 0 saturated heterocycles. The van der Waals surface area contributed by atoms with Gasteiger partial charge in [-0.1, -0.05) is 49.6 Å². The zero-order chi connectivity index (χ0) is 17.5. The van der Waals surface area contributed by atoms with Crippen molar-refractivity contribution in [3.05, 3.63) is 46.7 Å². The summed E-state index contributed by atoms with van der Waals surface area (Å²) >= 11 is 3.18. The summed E-state index contributed by atoms with van der Waals surface area (Å²) in [7, 11) is 0. The Balaban J connectivity index is 1.45. The fraction of sp³-hybridized carbons (Fsp3) is 0.474. The molecule has 0 atom stereocenters. The zero-order valence-electron chi connectivity index (χ0n) is 14.2. The lowest BCUT2D eigenvalue weighted by Crippen LogP contribution is -2.35. The SMILES string of the molecule is O=C(Cc1csc(SCc2ccc(F)cc2)n1)NC1CCCCCC1. The zero-order valence-corrected chi connectivity index (χ0v) is 15.8. The summed E-state index contributed by atoms with van der Waals surface area (Å²) in [5, 5.41) is 5.12. The van der Waals surface area contributed by atoms with E-state index in [-0.39, 0.29) is 11.7 Å². The normalized spacial score (nSPS) is 15.7. The van der Waals surface area contributed by atoms with Gasteiger partial charge in [0.05, 0.1) is 12.1 Å². The Morgan fingerprint density at radius 1 is 1.20 bits per heavy atom. The highest BCUT2D eigenvalue weighted by Crippen LogP contribution is 2.26. The van der Waals surface area contributed by atoms with Crippen LogP contribution in [0, 0.1) is 5.82 Å². The predicted molar refractivity (Wildman–Crippen MR) is 101 cm³/mol. The molecule has 1 aromatic heterocycles. The molecule has 3 nitrogen and oxygen atoms in total. The number of rotatable bonds is 6. The summed E-state index contributed by atoms with van der Waals surface area (Å²) in [6.07, 6.45) is 7.55. The number of thioether (sulfide) groups is 1. The fourth-order valence-corrected chi connectivity index (χ4v) is 4.83. The number of nitrogens with one attached hydrogen (secondary N) is 1. The summed E-state index contributed by atoms with van der Waals surface area (Å²) in [4.78, 5) is 16.8. The highest BCUT2D eigenvalue weighted by atomic mass is 32.2. The van der Waals surface area contributed by atoms with E-state index < -0.39 is 0 Å². The van der Waals surface area contributed by atoms with Crippen LogP contribution in [-0.4, -0.2) is 16.9 Å². The topological polar surface area (TPSA) is 42.0 Å². The Labute approximate surface area is 156 Å². The highest BCUT2D eigenvalue weighted by molar-refractivity contribution is 8.00. The lowest BCUT2D eigenvalue weighted by molar-refractivity contribution is -0.121. The maximum absolute atomic E-state index is 12.9. The number of amides is 1. The van der Waals surface area contributed by atoms with E-state index in [4.69, 9.17) is 0 Å². The second-order valence-electron chi connectivity index (χ2n) is 6.45.